The van der Waals surface area contributed by atoms with Crippen molar-refractivity contribution in [2.45, 2.75) is 18.9 Å². The fraction of sp³-hybridized carbons (Fsp3) is 0.533. The molecule has 0 N–H and O–H groups in total. The summed E-state index contributed by atoms with van der Waals surface area (Å²) in [7, 11) is 0. The Labute approximate surface area is 123 Å². The van der Waals surface area contributed by atoms with E-state index in [-0.39, 0.29) is 12.0 Å². The molecule has 3 rings (SSSR count). The molecule has 2 aliphatic heterocycles. The second-order valence-corrected chi connectivity index (χ2v) is 5.87. The summed E-state index contributed by atoms with van der Waals surface area (Å²) in [5.74, 6) is 1.38. The van der Waals surface area contributed by atoms with Crippen LogP contribution < -0.4 is 4.74 Å². The minimum Gasteiger partial charge on any atom is -0.487 e. The Kier molecular flexibility index (Phi) is 4.13. The molecule has 1 aromatic carbocycles. The first-order valence-corrected chi connectivity index (χ1v) is 7.36. The topological polar surface area (TPSA) is 38.8 Å². The van der Waals surface area contributed by atoms with Crippen molar-refractivity contribution in [2.24, 2.45) is 5.92 Å². The zero-order valence-corrected chi connectivity index (χ0v) is 12.0. The average Bonchev–Trinajstić information content (AvgIpc) is 2.86. The molecule has 2 heterocycles. The molecule has 5 heteroatoms. The van der Waals surface area contributed by atoms with Crippen molar-refractivity contribution in [2.75, 3.05) is 26.3 Å². The van der Waals surface area contributed by atoms with Gasteiger partial charge in [0.2, 0.25) is 5.91 Å². The van der Waals surface area contributed by atoms with Crippen LogP contribution in [0.5, 0.6) is 5.75 Å². The van der Waals surface area contributed by atoms with Gasteiger partial charge in [-0.1, -0.05) is 17.7 Å². The van der Waals surface area contributed by atoms with Crippen LogP contribution in [0.2, 0.25) is 5.02 Å². The number of rotatable bonds is 4. The van der Waals surface area contributed by atoms with Gasteiger partial charge in [-0.2, -0.15) is 0 Å². The number of carbonyl (C=O) groups is 1. The smallest absolute Gasteiger partial charge is 0.223 e. The lowest BCUT2D eigenvalue weighted by molar-refractivity contribution is -0.141. The largest absolute Gasteiger partial charge is 0.487 e. The molecule has 2 aliphatic rings. The van der Waals surface area contributed by atoms with Crippen LogP contribution in [0.3, 0.4) is 0 Å². The summed E-state index contributed by atoms with van der Waals surface area (Å²) in [6, 6.07) is 7.35. The highest BCUT2D eigenvalue weighted by atomic mass is 35.5. The molecule has 108 valence electrons. The van der Waals surface area contributed by atoms with E-state index in [9.17, 15) is 4.79 Å². The van der Waals surface area contributed by atoms with Crippen LogP contribution >= 0.6 is 11.6 Å². The van der Waals surface area contributed by atoms with Crippen molar-refractivity contribution < 1.29 is 14.3 Å². The SMILES string of the molecule is O=C(C[C@@H]1CCOC1)N1CC(Oc2cccc(Cl)c2)C1. The Morgan fingerprint density at radius 1 is 1.45 bits per heavy atom. The highest BCUT2D eigenvalue weighted by Gasteiger charge is 2.33. The van der Waals surface area contributed by atoms with Gasteiger partial charge in [0.15, 0.2) is 0 Å². The van der Waals surface area contributed by atoms with Crippen LogP contribution in [-0.4, -0.2) is 43.2 Å². The first-order chi connectivity index (χ1) is 9.70. The molecule has 0 unspecified atom stereocenters. The number of amides is 1. The number of carbonyl (C=O) groups excluding carboxylic acids is 1. The van der Waals surface area contributed by atoms with Gasteiger partial charge in [0.25, 0.3) is 0 Å². The molecule has 1 amide bonds. The fourth-order valence-corrected chi connectivity index (χ4v) is 2.75. The molecule has 0 radical (unpaired) electrons. The molecule has 1 atom stereocenters. The van der Waals surface area contributed by atoms with E-state index in [0.717, 1.165) is 25.4 Å². The quantitative estimate of drug-likeness (QED) is 0.856. The van der Waals surface area contributed by atoms with E-state index in [2.05, 4.69) is 0 Å². The van der Waals surface area contributed by atoms with E-state index in [4.69, 9.17) is 21.1 Å². The van der Waals surface area contributed by atoms with Crippen molar-refractivity contribution >= 4 is 17.5 Å². The lowest BCUT2D eigenvalue weighted by Gasteiger charge is -2.39. The lowest BCUT2D eigenvalue weighted by Crippen LogP contribution is -2.56. The predicted molar refractivity (Wildman–Crippen MR) is 76.0 cm³/mol. The minimum absolute atomic E-state index is 0.0808. The van der Waals surface area contributed by atoms with Crippen molar-refractivity contribution in [1.82, 2.24) is 4.90 Å². The summed E-state index contributed by atoms with van der Waals surface area (Å²) in [5.41, 5.74) is 0. The van der Waals surface area contributed by atoms with Crippen LogP contribution in [0.1, 0.15) is 12.8 Å². The summed E-state index contributed by atoms with van der Waals surface area (Å²) in [6.07, 6.45) is 1.68. The normalized spacial score (nSPS) is 22.6. The van der Waals surface area contributed by atoms with Crippen LogP contribution in [0.15, 0.2) is 24.3 Å². The van der Waals surface area contributed by atoms with Crippen LogP contribution in [-0.2, 0) is 9.53 Å². The van der Waals surface area contributed by atoms with Gasteiger partial charge in [-0.25, -0.2) is 0 Å². The Balaban J connectivity index is 1.43. The molecule has 0 bridgehead atoms. The van der Waals surface area contributed by atoms with E-state index in [1.807, 2.05) is 23.1 Å². The van der Waals surface area contributed by atoms with Crippen molar-refractivity contribution in [3.8, 4) is 5.75 Å². The van der Waals surface area contributed by atoms with E-state index < -0.39 is 0 Å². The molecular formula is C15H18ClNO3. The van der Waals surface area contributed by atoms with Crippen molar-refractivity contribution in [3.05, 3.63) is 29.3 Å². The zero-order valence-electron chi connectivity index (χ0n) is 11.3. The maximum atomic E-state index is 12.0. The zero-order chi connectivity index (χ0) is 13.9. The summed E-state index contributed by atoms with van der Waals surface area (Å²) < 4.78 is 11.1. The Morgan fingerprint density at radius 2 is 2.30 bits per heavy atom. The van der Waals surface area contributed by atoms with Crippen molar-refractivity contribution in [3.63, 3.8) is 0 Å². The average molecular weight is 296 g/mol. The summed E-state index contributed by atoms with van der Waals surface area (Å²) in [5, 5.41) is 0.663. The lowest BCUT2D eigenvalue weighted by atomic mass is 10.0. The summed E-state index contributed by atoms with van der Waals surface area (Å²) in [6.45, 7) is 2.85. The molecule has 0 aromatic heterocycles. The first-order valence-electron chi connectivity index (χ1n) is 6.98. The third kappa shape index (κ3) is 3.25. The highest BCUT2D eigenvalue weighted by molar-refractivity contribution is 6.30. The van der Waals surface area contributed by atoms with Crippen LogP contribution in [0.4, 0.5) is 0 Å². The molecule has 20 heavy (non-hydrogen) atoms. The number of benzene rings is 1. The Bertz CT molecular complexity index is 482. The monoisotopic (exact) mass is 295 g/mol. The van der Waals surface area contributed by atoms with E-state index >= 15 is 0 Å². The second-order valence-electron chi connectivity index (χ2n) is 5.43. The summed E-state index contributed by atoms with van der Waals surface area (Å²) >= 11 is 5.91. The second kappa shape index (κ2) is 6.02. The summed E-state index contributed by atoms with van der Waals surface area (Å²) in [4.78, 5) is 13.9. The first kappa shape index (κ1) is 13.7. The van der Waals surface area contributed by atoms with E-state index in [1.165, 1.54) is 0 Å². The van der Waals surface area contributed by atoms with Crippen LogP contribution in [0, 0.1) is 5.92 Å². The maximum absolute atomic E-state index is 12.0. The fourth-order valence-electron chi connectivity index (χ4n) is 2.57. The van der Waals surface area contributed by atoms with Gasteiger partial charge >= 0.3 is 0 Å². The Morgan fingerprint density at radius 3 is 3.00 bits per heavy atom. The van der Waals surface area contributed by atoms with Gasteiger partial charge < -0.3 is 14.4 Å². The van der Waals surface area contributed by atoms with Crippen LogP contribution in [0.25, 0.3) is 0 Å². The number of hydrogen-bond acceptors (Lipinski definition) is 3. The number of halogens is 1. The molecule has 0 spiro atoms. The maximum Gasteiger partial charge on any atom is 0.223 e. The molecular weight excluding hydrogens is 278 g/mol. The number of ether oxygens (including phenoxy) is 2. The number of nitrogens with zero attached hydrogens (tertiary/aromatic N) is 1. The Hall–Kier alpha value is -1.26. The molecule has 2 fully saturated rings. The molecule has 0 saturated carbocycles. The standard InChI is InChI=1S/C15H18ClNO3/c16-12-2-1-3-13(7-12)20-14-8-17(9-14)15(18)6-11-4-5-19-10-11/h1-3,7,11,14H,4-6,8-10H2/t11-/m0/s1. The third-order valence-corrected chi connectivity index (χ3v) is 4.02. The molecule has 0 aliphatic carbocycles. The van der Waals surface area contributed by atoms with E-state index in [1.54, 1.807) is 6.07 Å². The highest BCUT2D eigenvalue weighted by Crippen LogP contribution is 2.23. The van der Waals surface area contributed by atoms with Gasteiger partial charge in [-0.15, -0.1) is 0 Å². The molecule has 4 nitrogen and oxygen atoms in total. The minimum atomic E-state index is 0.0808. The van der Waals surface area contributed by atoms with Gasteiger partial charge in [0.1, 0.15) is 11.9 Å². The third-order valence-electron chi connectivity index (χ3n) is 3.79. The number of hydrogen-bond donors (Lipinski definition) is 0. The molecule has 2 saturated heterocycles. The van der Waals surface area contributed by atoms with Crippen molar-refractivity contribution in [1.29, 1.82) is 0 Å². The van der Waals surface area contributed by atoms with Gasteiger partial charge in [0.05, 0.1) is 13.1 Å². The predicted octanol–water partition coefficient (Wildman–Crippen LogP) is 2.36. The van der Waals surface area contributed by atoms with E-state index in [0.29, 0.717) is 30.5 Å². The molecule has 1 aromatic rings. The van der Waals surface area contributed by atoms with Gasteiger partial charge in [-0.3, -0.25) is 4.79 Å². The van der Waals surface area contributed by atoms with Gasteiger partial charge in [-0.05, 0) is 30.5 Å². The number of likely N-dealkylation sites (tertiary alicyclic amines) is 1. The van der Waals surface area contributed by atoms with Gasteiger partial charge in [0, 0.05) is 24.7 Å².